The van der Waals surface area contributed by atoms with E-state index in [4.69, 9.17) is 14.6 Å². The Morgan fingerprint density at radius 3 is 2.37 bits per heavy atom. The maximum absolute atomic E-state index is 13.1. The number of phenolic OH excluding ortho intramolecular Hbond substituents is 1. The fraction of sp³-hybridized carbons (Fsp3) is 0.444. The summed E-state index contributed by atoms with van der Waals surface area (Å²) in [5.74, 6) is 1.36. The lowest BCUT2D eigenvalue weighted by Crippen LogP contribution is -2.50. The van der Waals surface area contributed by atoms with E-state index in [1.165, 1.54) is 0 Å². The molecule has 4 rings (SSSR count). The third kappa shape index (κ3) is 4.45. The predicted octanol–water partition coefficient (Wildman–Crippen LogP) is 3.64. The zero-order valence-electron chi connectivity index (χ0n) is 20.9. The van der Waals surface area contributed by atoms with Gasteiger partial charge in [-0.1, -0.05) is 13.8 Å². The Hall–Kier alpha value is -3.55. The molecule has 1 N–H and O–H groups in total. The minimum absolute atomic E-state index is 0.0378. The second-order valence-electron chi connectivity index (χ2n) is 9.72. The van der Waals surface area contributed by atoms with E-state index in [9.17, 15) is 14.7 Å². The van der Waals surface area contributed by atoms with E-state index in [-0.39, 0.29) is 17.7 Å². The topological polar surface area (TPSA) is 91.7 Å². The molecule has 0 radical (unpaired) electrons. The molecule has 1 saturated heterocycles. The molecule has 186 valence electrons. The van der Waals surface area contributed by atoms with Crippen LogP contribution in [0.2, 0.25) is 0 Å². The van der Waals surface area contributed by atoms with Crippen LogP contribution in [0.3, 0.4) is 0 Å². The number of rotatable bonds is 6. The first-order valence-corrected chi connectivity index (χ1v) is 11.8. The van der Waals surface area contributed by atoms with Crippen LogP contribution in [0.25, 0.3) is 0 Å². The average Bonchev–Trinajstić information content (AvgIpc) is 3.13. The van der Waals surface area contributed by atoms with Gasteiger partial charge in [0.1, 0.15) is 18.1 Å². The van der Waals surface area contributed by atoms with Crippen molar-refractivity contribution in [2.24, 2.45) is 10.5 Å². The summed E-state index contributed by atoms with van der Waals surface area (Å²) in [6, 6.07) is 10.1. The summed E-state index contributed by atoms with van der Waals surface area (Å²) >= 11 is 0. The minimum Gasteiger partial charge on any atom is -0.508 e. The molecule has 2 aliphatic rings. The van der Waals surface area contributed by atoms with E-state index in [0.717, 1.165) is 23.1 Å². The van der Waals surface area contributed by atoms with Gasteiger partial charge in [-0.2, -0.15) is 5.10 Å². The van der Waals surface area contributed by atoms with E-state index < -0.39 is 11.5 Å². The number of hydrogen-bond acceptors (Lipinski definition) is 7. The zero-order chi connectivity index (χ0) is 25.3. The first kappa shape index (κ1) is 24.6. The number of carbonyl (C=O) groups excluding carboxylic acids is 2. The van der Waals surface area contributed by atoms with Crippen molar-refractivity contribution < 1.29 is 24.2 Å². The molecule has 0 saturated carbocycles. The van der Waals surface area contributed by atoms with Crippen molar-refractivity contribution in [1.29, 1.82) is 0 Å². The molecule has 2 aromatic rings. The highest BCUT2D eigenvalue weighted by molar-refractivity contribution is 6.07. The number of carbonyl (C=O) groups is 2. The summed E-state index contributed by atoms with van der Waals surface area (Å²) in [6.45, 7) is 7.05. The maximum Gasteiger partial charge on any atom is 0.254 e. The number of piperidine rings is 1. The predicted molar refractivity (Wildman–Crippen MR) is 133 cm³/mol. The lowest BCUT2D eigenvalue weighted by atomic mass is 9.78. The normalized spacial score (nSPS) is 19.9. The van der Waals surface area contributed by atoms with E-state index in [2.05, 4.69) is 0 Å². The summed E-state index contributed by atoms with van der Waals surface area (Å²) in [4.78, 5) is 27.2. The highest BCUT2D eigenvalue weighted by atomic mass is 16.5. The molecule has 2 aliphatic heterocycles. The summed E-state index contributed by atoms with van der Waals surface area (Å²) in [5, 5.41) is 16.5. The molecule has 0 bridgehead atoms. The van der Waals surface area contributed by atoms with Gasteiger partial charge in [-0.25, -0.2) is 0 Å². The Kier molecular flexibility index (Phi) is 6.74. The highest BCUT2D eigenvalue weighted by Crippen LogP contribution is 2.40. The van der Waals surface area contributed by atoms with Crippen molar-refractivity contribution in [2.45, 2.75) is 45.7 Å². The molecule has 0 spiro atoms. The number of ether oxygens (including phenoxy) is 2. The minimum atomic E-state index is -0.503. The van der Waals surface area contributed by atoms with Gasteiger partial charge in [-0.3, -0.25) is 9.80 Å². The summed E-state index contributed by atoms with van der Waals surface area (Å²) in [7, 11) is 3.19. The van der Waals surface area contributed by atoms with Crippen LogP contribution in [0.5, 0.6) is 17.2 Å². The second-order valence-corrected chi connectivity index (χ2v) is 9.72. The van der Waals surface area contributed by atoms with Crippen LogP contribution in [-0.2, 0) is 4.79 Å². The average molecular weight is 480 g/mol. The smallest absolute Gasteiger partial charge is 0.254 e. The van der Waals surface area contributed by atoms with Crippen LogP contribution in [0.4, 0.5) is 0 Å². The molecule has 8 heteroatoms. The Morgan fingerprint density at radius 2 is 1.77 bits per heavy atom. The number of phenols is 1. The second kappa shape index (κ2) is 9.60. The third-order valence-electron chi connectivity index (χ3n) is 7.20. The van der Waals surface area contributed by atoms with E-state index in [0.29, 0.717) is 43.0 Å². The fourth-order valence-electron chi connectivity index (χ4n) is 5.12. The molecule has 2 aromatic carbocycles. The van der Waals surface area contributed by atoms with Crippen molar-refractivity contribution >= 4 is 17.9 Å². The van der Waals surface area contributed by atoms with Crippen molar-refractivity contribution in [3.63, 3.8) is 0 Å². The van der Waals surface area contributed by atoms with Crippen LogP contribution in [0, 0.1) is 12.3 Å². The molecule has 1 amide bonds. The molecular formula is C27H33N3O5. The lowest BCUT2D eigenvalue weighted by Gasteiger charge is -2.39. The molecule has 2 heterocycles. The monoisotopic (exact) mass is 479 g/mol. The van der Waals surface area contributed by atoms with Gasteiger partial charge in [0.15, 0.2) is 11.5 Å². The van der Waals surface area contributed by atoms with Crippen LogP contribution in [0.15, 0.2) is 41.5 Å². The number of likely N-dealkylation sites (tertiary alicyclic amines) is 1. The van der Waals surface area contributed by atoms with Crippen LogP contribution in [0.1, 0.15) is 48.2 Å². The third-order valence-corrected chi connectivity index (χ3v) is 7.20. The molecule has 8 nitrogen and oxygen atoms in total. The van der Waals surface area contributed by atoms with E-state index in [1.54, 1.807) is 32.4 Å². The summed E-state index contributed by atoms with van der Waals surface area (Å²) in [6.07, 6.45) is 2.41. The van der Waals surface area contributed by atoms with E-state index in [1.807, 2.05) is 48.9 Å². The van der Waals surface area contributed by atoms with Gasteiger partial charge in [0, 0.05) is 29.6 Å². The first-order chi connectivity index (χ1) is 16.7. The van der Waals surface area contributed by atoms with Gasteiger partial charge in [-0.05, 0) is 61.7 Å². The van der Waals surface area contributed by atoms with Crippen LogP contribution < -0.4 is 9.47 Å². The lowest BCUT2D eigenvalue weighted by molar-refractivity contribution is -0.115. The van der Waals surface area contributed by atoms with Gasteiger partial charge in [0.25, 0.3) is 5.91 Å². The van der Waals surface area contributed by atoms with Gasteiger partial charge in [0.2, 0.25) is 0 Å². The Labute approximate surface area is 206 Å². The quantitative estimate of drug-likeness (QED) is 0.636. The highest BCUT2D eigenvalue weighted by Gasteiger charge is 2.47. The zero-order valence-corrected chi connectivity index (χ0v) is 20.9. The number of hydrazone groups is 1. The van der Waals surface area contributed by atoms with Gasteiger partial charge in [0.05, 0.1) is 26.0 Å². The van der Waals surface area contributed by atoms with Gasteiger partial charge < -0.3 is 24.3 Å². The summed E-state index contributed by atoms with van der Waals surface area (Å²) < 4.78 is 10.8. The standard InChI is InChI=1S/C27H33N3O5/c1-17-14-20(32)7-8-21(17)26(33)29-12-10-19(11-13-29)30-24(16-31)27(2,3)25(28-30)18-6-9-22(34-4)23(15-18)35-5/h6-9,14-16,19,24,32H,10-13H2,1-5H3. The Balaban J connectivity index is 1.54. The Morgan fingerprint density at radius 1 is 1.09 bits per heavy atom. The number of nitrogens with zero attached hydrogens (tertiary/aromatic N) is 3. The van der Waals surface area contributed by atoms with E-state index >= 15 is 0 Å². The first-order valence-electron chi connectivity index (χ1n) is 11.8. The van der Waals surface area contributed by atoms with Crippen LogP contribution in [-0.4, -0.2) is 72.3 Å². The SMILES string of the molecule is COc1ccc(C2=NN(C3CCN(C(=O)c4ccc(O)cc4C)CC3)C(C=O)C2(C)C)cc1OC. The number of methoxy groups -OCH3 is 2. The number of hydrogen-bond donors (Lipinski definition) is 1. The fourth-order valence-corrected chi connectivity index (χ4v) is 5.12. The van der Waals surface area contributed by atoms with Crippen LogP contribution >= 0.6 is 0 Å². The largest absolute Gasteiger partial charge is 0.508 e. The number of aldehydes is 1. The number of aromatic hydroxyl groups is 1. The molecule has 1 atom stereocenters. The van der Waals surface area contributed by atoms with Crippen molar-refractivity contribution in [2.75, 3.05) is 27.3 Å². The summed E-state index contributed by atoms with van der Waals surface area (Å²) in [5.41, 5.74) is 2.56. The molecule has 1 fully saturated rings. The van der Waals surface area contributed by atoms with Crippen molar-refractivity contribution in [3.8, 4) is 17.2 Å². The number of aryl methyl sites for hydroxylation is 1. The van der Waals surface area contributed by atoms with Gasteiger partial charge in [-0.15, -0.1) is 0 Å². The molecule has 35 heavy (non-hydrogen) atoms. The van der Waals surface area contributed by atoms with Crippen molar-refractivity contribution in [1.82, 2.24) is 9.91 Å². The molecule has 0 aliphatic carbocycles. The number of amides is 1. The number of benzene rings is 2. The molecule has 1 unspecified atom stereocenters. The maximum atomic E-state index is 13.1. The Bertz CT molecular complexity index is 1150. The molecular weight excluding hydrogens is 446 g/mol. The van der Waals surface area contributed by atoms with Gasteiger partial charge >= 0.3 is 0 Å². The molecule has 0 aromatic heterocycles. The van der Waals surface area contributed by atoms with Crippen molar-refractivity contribution in [3.05, 3.63) is 53.1 Å².